The minimum absolute atomic E-state index is 0.0213. The van der Waals surface area contributed by atoms with Crippen LogP contribution >= 0.6 is 11.6 Å². The lowest BCUT2D eigenvalue weighted by Gasteiger charge is -2.26. The van der Waals surface area contributed by atoms with E-state index in [0.717, 1.165) is 32.4 Å². The molecule has 0 aliphatic carbocycles. The van der Waals surface area contributed by atoms with Gasteiger partial charge in [0, 0.05) is 24.2 Å². The summed E-state index contributed by atoms with van der Waals surface area (Å²) >= 11 is 5.86. The van der Waals surface area contributed by atoms with E-state index in [1.54, 1.807) is 18.2 Å². The molecule has 1 aromatic carbocycles. The Hall–Kier alpha value is -1.75. The number of carbonyl (C=O) groups excluding carboxylic acids is 1. The van der Waals surface area contributed by atoms with E-state index >= 15 is 0 Å². The summed E-state index contributed by atoms with van der Waals surface area (Å²) in [5.41, 5.74) is 1.01. The Kier molecular flexibility index (Phi) is 3.53. The van der Waals surface area contributed by atoms with Gasteiger partial charge in [0.1, 0.15) is 6.54 Å². The lowest BCUT2D eigenvalue weighted by molar-refractivity contribution is -0.132. The number of aromatic nitrogens is 1. The van der Waals surface area contributed by atoms with Gasteiger partial charge in [0.05, 0.1) is 5.52 Å². The number of hydrogen-bond acceptors (Lipinski definition) is 3. The highest BCUT2D eigenvalue weighted by molar-refractivity contribution is 6.31. The van der Waals surface area contributed by atoms with Crippen LogP contribution in [-0.4, -0.2) is 28.5 Å². The number of piperidine rings is 1. The van der Waals surface area contributed by atoms with Gasteiger partial charge in [-0.1, -0.05) is 11.6 Å². The summed E-state index contributed by atoms with van der Waals surface area (Å²) < 4.78 is 6.48. The SMILES string of the molecule is O=C(Cn1c(=O)oc2cc(Cl)ccc21)N1CCCCC1. The highest BCUT2D eigenvalue weighted by atomic mass is 35.5. The minimum atomic E-state index is -0.521. The summed E-state index contributed by atoms with van der Waals surface area (Å²) in [5.74, 6) is -0.558. The lowest BCUT2D eigenvalue weighted by Crippen LogP contribution is -2.39. The molecule has 0 unspecified atom stereocenters. The van der Waals surface area contributed by atoms with Crippen LogP contribution in [0.3, 0.4) is 0 Å². The molecule has 0 saturated carbocycles. The van der Waals surface area contributed by atoms with E-state index in [4.69, 9.17) is 16.0 Å². The van der Waals surface area contributed by atoms with Crippen LogP contribution in [0, 0.1) is 0 Å². The molecule has 1 aliphatic rings. The van der Waals surface area contributed by atoms with E-state index < -0.39 is 5.76 Å². The second-order valence-corrected chi connectivity index (χ2v) is 5.44. The van der Waals surface area contributed by atoms with Crippen molar-refractivity contribution in [3.05, 3.63) is 33.8 Å². The van der Waals surface area contributed by atoms with Crippen LogP contribution in [0.15, 0.2) is 27.4 Å². The van der Waals surface area contributed by atoms with Gasteiger partial charge in [-0.2, -0.15) is 0 Å². The third-order valence-corrected chi connectivity index (χ3v) is 3.87. The lowest BCUT2D eigenvalue weighted by atomic mass is 10.1. The van der Waals surface area contributed by atoms with Gasteiger partial charge in [-0.05, 0) is 31.4 Å². The van der Waals surface area contributed by atoms with E-state index in [1.165, 1.54) is 4.57 Å². The van der Waals surface area contributed by atoms with Gasteiger partial charge < -0.3 is 9.32 Å². The Labute approximate surface area is 120 Å². The Morgan fingerprint density at radius 2 is 2.00 bits per heavy atom. The predicted octanol–water partition coefficient (Wildman–Crippen LogP) is 2.26. The molecular formula is C14H15ClN2O3. The first kappa shape index (κ1) is 13.2. The van der Waals surface area contributed by atoms with Crippen molar-refractivity contribution in [2.45, 2.75) is 25.8 Å². The van der Waals surface area contributed by atoms with Crippen molar-refractivity contribution in [2.75, 3.05) is 13.1 Å². The zero-order valence-electron chi connectivity index (χ0n) is 11.0. The summed E-state index contributed by atoms with van der Waals surface area (Å²) in [7, 11) is 0. The van der Waals surface area contributed by atoms with Gasteiger partial charge in [0.25, 0.3) is 0 Å². The molecule has 2 aromatic rings. The highest BCUT2D eigenvalue weighted by Crippen LogP contribution is 2.18. The summed E-state index contributed by atoms with van der Waals surface area (Å²) in [6.45, 7) is 1.57. The molecule has 0 spiro atoms. The number of benzene rings is 1. The molecule has 1 aromatic heterocycles. The average Bonchev–Trinajstić information content (AvgIpc) is 2.75. The Morgan fingerprint density at radius 3 is 2.75 bits per heavy atom. The molecule has 5 nitrogen and oxygen atoms in total. The monoisotopic (exact) mass is 294 g/mol. The number of carbonyl (C=O) groups is 1. The molecule has 1 aliphatic heterocycles. The molecule has 0 radical (unpaired) electrons. The summed E-state index contributed by atoms with van der Waals surface area (Å²) in [6.07, 6.45) is 3.22. The van der Waals surface area contributed by atoms with Crippen LogP contribution in [0.4, 0.5) is 0 Å². The fraction of sp³-hybridized carbons (Fsp3) is 0.429. The van der Waals surface area contributed by atoms with Gasteiger partial charge in [-0.15, -0.1) is 0 Å². The molecule has 1 saturated heterocycles. The third-order valence-electron chi connectivity index (χ3n) is 3.63. The second-order valence-electron chi connectivity index (χ2n) is 5.01. The van der Waals surface area contributed by atoms with Crippen molar-refractivity contribution >= 4 is 28.6 Å². The maximum absolute atomic E-state index is 12.2. The van der Waals surface area contributed by atoms with Gasteiger partial charge in [0.2, 0.25) is 5.91 Å². The van der Waals surface area contributed by atoms with Crippen molar-refractivity contribution in [3.8, 4) is 0 Å². The first-order chi connectivity index (χ1) is 9.65. The number of oxazole rings is 1. The van der Waals surface area contributed by atoms with Gasteiger partial charge >= 0.3 is 5.76 Å². The zero-order chi connectivity index (χ0) is 14.1. The number of rotatable bonds is 2. The van der Waals surface area contributed by atoms with E-state index in [2.05, 4.69) is 0 Å². The first-order valence-corrected chi connectivity index (χ1v) is 7.09. The van der Waals surface area contributed by atoms with Gasteiger partial charge in [0.15, 0.2) is 5.58 Å². The van der Waals surface area contributed by atoms with Crippen LogP contribution < -0.4 is 5.76 Å². The Morgan fingerprint density at radius 1 is 1.25 bits per heavy atom. The molecule has 1 amide bonds. The topological polar surface area (TPSA) is 55.5 Å². The summed E-state index contributed by atoms with van der Waals surface area (Å²) in [6, 6.07) is 4.97. The largest absolute Gasteiger partial charge is 0.420 e. The molecule has 0 atom stereocenters. The predicted molar refractivity (Wildman–Crippen MR) is 75.9 cm³/mol. The van der Waals surface area contributed by atoms with Crippen molar-refractivity contribution < 1.29 is 9.21 Å². The van der Waals surface area contributed by atoms with Crippen molar-refractivity contribution in [1.82, 2.24) is 9.47 Å². The minimum Gasteiger partial charge on any atom is -0.408 e. The van der Waals surface area contributed by atoms with Crippen molar-refractivity contribution in [2.24, 2.45) is 0 Å². The van der Waals surface area contributed by atoms with Crippen LogP contribution in [-0.2, 0) is 11.3 Å². The quantitative estimate of drug-likeness (QED) is 0.854. The molecule has 2 heterocycles. The van der Waals surface area contributed by atoms with Crippen LogP contribution in [0.5, 0.6) is 0 Å². The van der Waals surface area contributed by atoms with Crippen LogP contribution in [0.2, 0.25) is 5.02 Å². The number of halogens is 1. The third kappa shape index (κ3) is 2.45. The Bertz CT molecular complexity index is 698. The van der Waals surface area contributed by atoms with E-state index in [9.17, 15) is 9.59 Å². The molecule has 3 rings (SSSR count). The Balaban J connectivity index is 1.88. The van der Waals surface area contributed by atoms with E-state index in [0.29, 0.717) is 16.1 Å². The van der Waals surface area contributed by atoms with E-state index in [-0.39, 0.29) is 12.5 Å². The zero-order valence-corrected chi connectivity index (χ0v) is 11.7. The fourth-order valence-electron chi connectivity index (χ4n) is 2.57. The normalized spacial score (nSPS) is 15.8. The summed E-state index contributed by atoms with van der Waals surface area (Å²) in [4.78, 5) is 25.9. The molecule has 1 fully saturated rings. The number of likely N-dealkylation sites (tertiary alicyclic amines) is 1. The molecule has 6 heteroatoms. The number of fused-ring (bicyclic) bond motifs is 1. The van der Waals surface area contributed by atoms with Crippen LogP contribution in [0.25, 0.3) is 11.1 Å². The molecular weight excluding hydrogens is 280 g/mol. The fourth-order valence-corrected chi connectivity index (χ4v) is 2.73. The van der Waals surface area contributed by atoms with Crippen molar-refractivity contribution in [1.29, 1.82) is 0 Å². The molecule has 106 valence electrons. The smallest absolute Gasteiger partial charge is 0.408 e. The standard InChI is InChI=1S/C14H15ClN2O3/c15-10-4-5-11-12(8-10)20-14(19)17(11)9-13(18)16-6-2-1-3-7-16/h4-5,8H,1-3,6-7,9H2. The maximum atomic E-state index is 12.2. The first-order valence-electron chi connectivity index (χ1n) is 6.72. The molecule has 0 bridgehead atoms. The summed E-state index contributed by atoms with van der Waals surface area (Å²) in [5, 5.41) is 0.501. The number of nitrogens with zero attached hydrogens (tertiary/aromatic N) is 2. The van der Waals surface area contributed by atoms with Crippen molar-refractivity contribution in [3.63, 3.8) is 0 Å². The average molecular weight is 295 g/mol. The molecule has 0 N–H and O–H groups in total. The number of amides is 1. The highest BCUT2D eigenvalue weighted by Gasteiger charge is 2.19. The second kappa shape index (κ2) is 5.32. The van der Waals surface area contributed by atoms with E-state index in [1.807, 2.05) is 4.90 Å². The van der Waals surface area contributed by atoms with Gasteiger partial charge in [-0.25, -0.2) is 4.79 Å². The molecule has 20 heavy (non-hydrogen) atoms. The van der Waals surface area contributed by atoms with Crippen LogP contribution in [0.1, 0.15) is 19.3 Å². The number of hydrogen-bond donors (Lipinski definition) is 0. The maximum Gasteiger partial charge on any atom is 0.420 e. The van der Waals surface area contributed by atoms with Gasteiger partial charge in [-0.3, -0.25) is 9.36 Å².